The smallest absolute Gasteiger partial charge is 0.422 e. The number of amides is 1. The first kappa shape index (κ1) is 17.8. The lowest BCUT2D eigenvalue weighted by atomic mass is 10.1. The SMILES string of the molecule is CCC(NC(=O)Cc1cccc(OCC(F)(F)F)c1)C(=O)O. The van der Waals surface area contributed by atoms with Crippen LogP contribution in [0.1, 0.15) is 18.9 Å². The van der Waals surface area contributed by atoms with E-state index >= 15 is 0 Å². The molecule has 1 unspecified atom stereocenters. The Morgan fingerprint density at radius 2 is 2.05 bits per heavy atom. The first-order valence-corrected chi connectivity index (χ1v) is 6.52. The fraction of sp³-hybridized carbons (Fsp3) is 0.429. The summed E-state index contributed by atoms with van der Waals surface area (Å²) < 4.78 is 40.8. The fourth-order valence-corrected chi connectivity index (χ4v) is 1.68. The van der Waals surface area contributed by atoms with Gasteiger partial charge in [-0.15, -0.1) is 0 Å². The number of rotatable bonds is 7. The summed E-state index contributed by atoms with van der Waals surface area (Å²) in [5.41, 5.74) is 0.428. The average Bonchev–Trinajstić information content (AvgIpc) is 2.42. The highest BCUT2D eigenvalue weighted by molar-refractivity contribution is 5.84. The molecular formula is C14H16F3NO4. The third-order valence-corrected chi connectivity index (χ3v) is 2.71. The summed E-state index contributed by atoms with van der Waals surface area (Å²) in [4.78, 5) is 22.5. The number of hydrogen-bond acceptors (Lipinski definition) is 3. The number of nitrogens with one attached hydrogen (secondary N) is 1. The third-order valence-electron chi connectivity index (χ3n) is 2.71. The lowest BCUT2D eigenvalue weighted by molar-refractivity contribution is -0.153. The van der Waals surface area contributed by atoms with Crippen LogP contribution in [0, 0.1) is 0 Å². The molecule has 0 aromatic heterocycles. The van der Waals surface area contributed by atoms with Gasteiger partial charge in [0.25, 0.3) is 0 Å². The summed E-state index contributed by atoms with van der Waals surface area (Å²) in [5, 5.41) is 11.2. The summed E-state index contributed by atoms with van der Waals surface area (Å²) in [6.07, 6.45) is -4.36. The van der Waals surface area contributed by atoms with Crippen LogP contribution in [0.3, 0.4) is 0 Å². The minimum absolute atomic E-state index is 0.00657. The summed E-state index contributed by atoms with van der Waals surface area (Å²) in [7, 11) is 0. The Hall–Kier alpha value is -2.25. The molecule has 22 heavy (non-hydrogen) atoms. The number of benzene rings is 1. The zero-order chi connectivity index (χ0) is 16.8. The van der Waals surface area contributed by atoms with Crippen LogP contribution in [0.25, 0.3) is 0 Å². The van der Waals surface area contributed by atoms with Crippen molar-refractivity contribution in [1.29, 1.82) is 0 Å². The molecule has 122 valence electrons. The predicted octanol–water partition coefficient (Wildman–Crippen LogP) is 2.15. The van der Waals surface area contributed by atoms with Gasteiger partial charge < -0.3 is 15.2 Å². The first-order valence-electron chi connectivity index (χ1n) is 6.52. The van der Waals surface area contributed by atoms with E-state index in [4.69, 9.17) is 5.11 Å². The van der Waals surface area contributed by atoms with Crippen LogP contribution in [-0.4, -0.2) is 35.8 Å². The third kappa shape index (κ3) is 6.47. The van der Waals surface area contributed by atoms with E-state index < -0.39 is 30.7 Å². The van der Waals surface area contributed by atoms with Gasteiger partial charge in [0.15, 0.2) is 6.61 Å². The number of ether oxygens (including phenoxy) is 1. The Morgan fingerprint density at radius 1 is 1.36 bits per heavy atom. The number of aliphatic carboxylic acids is 1. The van der Waals surface area contributed by atoms with Gasteiger partial charge in [0.2, 0.25) is 5.91 Å². The molecule has 0 fully saturated rings. The van der Waals surface area contributed by atoms with Gasteiger partial charge >= 0.3 is 12.1 Å². The summed E-state index contributed by atoms with van der Waals surface area (Å²) in [6.45, 7) is 0.199. The molecule has 8 heteroatoms. The second-order valence-corrected chi connectivity index (χ2v) is 4.59. The van der Waals surface area contributed by atoms with E-state index in [9.17, 15) is 22.8 Å². The summed E-state index contributed by atoms with van der Waals surface area (Å²) in [5.74, 6) is -1.67. The molecule has 1 aromatic rings. The van der Waals surface area contributed by atoms with E-state index in [1.54, 1.807) is 13.0 Å². The van der Waals surface area contributed by atoms with Crippen molar-refractivity contribution >= 4 is 11.9 Å². The molecule has 0 heterocycles. The maximum atomic E-state index is 12.1. The van der Waals surface area contributed by atoms with Crippen LogP contribution in [0.15, 0.2) is 24.3 Å². The van der Waals surface area contributed by atoms with Crippen LogP contribution in [0.4, 0.5) is 13.2 Å². The zero-order valence-electron chi connectivity index (χ0n) is 11.8. The summed E-state index contributed by atoms with van der Waals surface area (Å²) in [6, 6.07) is 4.67. The van der Waals surface area contributed by atoms with Gasteiger partial charge in [0.05, 0.1) is 6.42 Å². The minimum Gasteiger partial charge on any atom is -0.484 e. The maximum absolute atomic E-state index is 12.1. The van der Waals surface area contributed by atoms with Crippen LogP contribution in [0.2, 0.25) is 0 Å². The molecule has 0 saturated carbocycles. The van der Waals surface area contributed by atoms with Gasteiger partial charge in [-0.3, -0.25) is 4.79 Å². The topological polar surface area (TPSA) is 75.6 Å². The van der Waals surface area contributed by atoms with Crippen LogP contribution < -0.4 is 10.1 Å². The Kier molecular flexibility index (Phi) is 6.21. The fourth-order valence-electron chi connectivity index (χ4n) is 1.68. The molecule has 0 radical (unpaired) electrons. The molecule has 1 aromatic carbocycles. The molecule has 1 amide bonds. The number of carboxylic acid groups (broad SMARTS) is 1. The molecule has 0 aliphatic heterocycles. The zero-order valence-corrected chi connectivity index (χ0v) is 11.8. The maximum Gasteiger partial charge on any atom is 0.422 e. The highest BCUT2D eigenvalue weighted by Crippen LogP contribution is 2.19. The van der Waals surface area contributed by atoms with Gasteiger partial charge in [0.1, 0.15) is 11.8 Å². The largest absolute Gasteiger partial charge is 0.484 e. The van der Waals surface area contributed by atoms with Gasteiger partial charge in [-0.25, -0.2) is 4.79 Å². The van der Waals surface area contributed by atoms with E-state index in [2.05, 4.69) is 10.1 Å². The van der Waals surface area contributed by atoms with E-state index in [0.717, 1.165) is 0 Å². The Balaban J connectivity index is 2.62. The van der Waals surface area contributed by atoms with Crippen molar-refractivity contribution in [3.8, 4) is 5.75 Å². The second kappa shape index (κ2) is 7.67. The molecular weight excluding hydrogens is 303 g/mol. The molecule has 0 bridgehead atoms. The molecule has 0 aliphatic carbocycles. The van der Waals surface area contributed by atoms with Crippen molar-refractivity contribution in [2.45, 2.75) is 32.0 Å². The normalized spacial score (nSPS) is 12.5. The van der Waals surface area contributed by atoms with Gasteiger partial charge in [0, 0.05) is 0 Å². The highest BCUT2D eigenvalue weighted by Gasteiger charge is 2.28. The van der Waals surface area contributed by atoms with Gasteiger partial charge in [-0.05, 0) is 24.1 Å². The van der Waals surface area contributed by atoms with Crippen molar-refractivity contribution < 1.29 is 32.6 Å². The number of halogens is 3. The molecule has 5 nitrogen and oxygen atoms in total. The Labute approximate surface area is 125 Å². The van der Waals surface area contributed by atoms with Gasteiger partial charge in [-0.2, -0.15) is 13.2 Å². The van der Waals surface area contributed by atoms with E-state index in [0.29, 0.717) is 5.56 Å². The quantitative estimate of drug-likeness (QED) is 0.807. The van der Waals surface area contributed by atoms with Crippen molar-refractivity contribution in [3.63, 3.8) is 0 Å². The first-order chi connectivity index (χ1) is 10.2. The number of carbonyl (C=O) groups excluding carboxylic acids is 1. The second-order valence-electron chi connectivity index (χ2n) is 4.59. The highest BCUT2D eigenvalue weighted by atomic mass is 19.4. The lowest BCUT2D eigenvalue weighted by Crippen LogP contribution is -2.40. The van der Waals surface area contributed by atoms with Crippen LogP contribution in [0.5, 0.6) is 5.75 Å². The van der Waals surface area contributed by atoms with Crippen LogP contribution >= 0.6 is 0 Å². The van der Waals surface area contributed by atoms with E-state index in [1.165, 1.54) is 18.2 Å². The number of alkyl halides is 3. The molecule has 0 spiro atoms. The number of hydrogen-bond donors (Lipinski definition) is 2. The van der Waals surface area contributed by atoms with Crippen molar-refractivity contribution in [2.24, 2.45) is 0 Å². The molecule has 0 saturated heterocycles. The average molecular weight is 319 g/mol. The predicted molar refractivity (Wildman–Crippen MR) is 71.6 cm³/mol. The Morgan fingerprint density at radius 3 is 2.59 bits per heavy atom. The standard InChI is InChI=1S/C14H16F3NO4/c1-2-11(13(20)21)18-12(19)7-9-4-3-5-10(6-9)22-8-14(15,16)17/h3-6,11H,2,7-8H2,1H3,(H,18,19)(H,20,21). The minimum atomic E-state index is -4.44. The van der Waals surface area contributed by atoms with Crippen molar-refractivity contribution in [1.82, 2.24) is 5.32 Å². The van der Waals surface area contributed by atoms with Crippen molar-refractivity contribution in [2.75, 3.05) is 6.61 Å². The number of carbonyl (C=O) groups is 2. The molecule has 1 rings (SSSR count). The lowest BCUT2D eigenvalue weighted by Gasteiger charge is -2.13. The van der Waals surface area contributed by atoms with E-state index in [1.807, 2.05) is 0 Å². The Bertz CT molecular complexity index is 531. The van der Waals surface area contributed by atoms with Gasteiger partial charge in [-0.1, -0.05) is 19.1 Å². The van der Waals surface area contributed by atoms with Crippen molar-refractivity contribution in [3.05, 3.63) is 29.8 Å². The molecule has 0 aliphatic rings. The monoisotopic (exact) mass is 319 g/mol. The number of carboxylic acids is 1. The molecule has 1 atom stereocenters. The molecule has 2 N–H and O–H groups in total. The van der Waals surface area contributed by atoms with Crippen LogP contribution in [-0.2, 0) is 16.0 Å². The summed E-state index contributed by atoms with van der Waals surface area (Å²) >= 11 is 0. The van der Waals surface area contributed by atoms with E-state index in [-0.39, 0.29) is 18.6 Å².